The maximum Gasteiger partial charge on any atom is 2.00 e. The Labute approximate surface area is 334 Å². The molecule has 0 atom stereocenters. The van der Waals surface area contributed by atoms with Crippen molar-refractivity contribution in [1.82, 2.24) is 39.9 Å². The zero-order valence-corrected chi connectivity index (χ0v) is 30.5. The summed E-state index contributed by atoms with van der Waals surface area (Å²) >= 11 is 0. The third-order valence-electron chi connectivity index (χ3n) is 9.58. The number of benzene rings is 5. The fourth-order valence-electron chi connectivity index (χ4n) is 7.04. The average Bonchev–Trinajstić information content (AvgIpc) is 3.93. The predicted octanol–water partition coefficient (Wildman–Crippen LogP) is 9.96. The van der Waals surface area contributed by atoms with E-state index in [9.17, 15) is 26.3 Å². The number of fused-ring (bicyclic) bond motifs is 17. The average molecular weight is 775 g/mol. The Hall–Kier alpha value is -6.45. The molecule has 0 amide bonds. The van der Waals surface area contributed by atoms with Gasteiger partial charge >= 0.3 is 35.4 Å². The van der Waals surface area contributed by atoms with Crippen molar-refractivity contribution in [2.45, 2.75) is 12.4 Å². The van der Waals surface area contributed by atoms with Crippen LogP contribution in [0, 0.1) is 0 Å². The van der Waals surface area contributed by atoms with Gasteiger partial charge in [-0.25, -0.2) is 9.97 Å². The summed E-state index contributed by atoms with van der Waals surface area (Å²) < 4.78 is 85.2. The second kappa shape index (κ2) is 13.3. The van der Waals surface area contributed by atoms with E-state index < -0.39 is 23.5 Å². The minimum atomic E-state index is -4.74. The van der Waals surface area contributed by atoms with Gasteiger partial charge in [-0.2, -0.15) is 26.3 Å². The number of hydrogen-bond acceptors (Lipinski definition) is 6. The van der Waals surface area contributed by atoms with Crippen LogP contribution in [-0.2, 0) is 12.4 Å². The summed E-state index contributed by atoms with van der Waals surface area (Å²) in [5, 5.41) is 1.42. The van der Waals surface area contributed by atoms with Crippen LogP contribution in [0.4, 0.5) is 26.3 Å². The number of alkyl halides is 6. The van der Waals surface area contributed by atoms with E-state index in [0.717, 1.165) is 24.3 Å². The summed E-state index contributed by atoms with van der Waals surface area (Å²) in [6.07, 6.45) is -9.47. The zero-order valence-electron chi connectivity index (χ0n) is 29.1. The molecule has 3 aromatic heterocycles. The molecule has 2 aliphatic heterocycles. The van der Waals surface area contributed by atoms with Gasteiger partial charge in [0.15, 0.2) is 0 Å². The second-order valence-electron chi connectivity index (χ2n) is 13.0. The van der Waals surface area contributed by atoms with Gasteiger partial charge in [0.2, 0.25) is 0 Å². The molecule has 8 bridgehead atoms. The van der Waals surface area contributed by atoms with Gasteiger partial charge in [-0.3, -0.25) is 0 Å². The molecule has 272 valence electrons. The summed E-state index contributed by atoms with van der Waals surface area (Å²) in [4.78, 5) is 38.5. The van der Waals surface area contributed by atoms with Gasteiger partial charge in [-0.1, -0.05) is 97.1 Å². The molecule has 0 saturated heterocycles. The molecule has 0 spiro atoms. The number of halogens is 6. The predicted molar refractivity (Wildman–Crippen MR) is 203 cm³/mol. The summed E-state index contributed by atoms with van der Waals surface area (Å²) in [6, 6.07) is 30.6. The molecule has 0 unspecified atom stereocenters. The number of nitrogens with zero attached hydrogens (tertiary/aromatic N) is 8. The Morgan fingerprint density at radius 2 is 0.702 bits per heavy atom. The molecule has 8 nitrogen and oxygen atoms in total. The molecule has 5 heterocycles. The number of rotatable bonds is 2. The maximum atomic E-state index is 14.2. The smallest absolute Gasteiger partial charge is 0.357 e. The molecule has 15 heteroatoms. The molecule has 8 aromatic rings. The molecule has 57 heavy (non-hydrogen) atoms. The molecule has 10 rings (SSSR count). The SMILES string of the molecule is FC(F)(F)c1cccc(-c2c(-c3cccc(C(F)(F)F)c3)c3nc4nc(nc5[n-]c(nc6nc(nc2[n-]3)-c2ccccc2-6)c2ccccc52)-c2ccccc2-4)c1.[Mg+2]. The summed E-state index contributed by atoms with van der Waals surface area (Å²) in [5.74, 6) is 0.768. The molecule has 0 N–H and O–H groups in total. The Morgan fingerprint density at radius 1 is 0.368 bits per heavy atom. The van der Waals surface area contributed by atoms with Crippen LogP contribution in [0.1, 0.15) is 11.1 Å². The molecule has 0 radical (unpaired) electrons. The van der Waals surface area contributed by atoms with Crippen LogP contribution in [0.25, 0.3) is 101 Å². The van der Waals surface area contributed by atoms with E-state index >= 15 is 0 Å². The second-order valence-corrected chi connectivity index (χ2v) is 13.0. The Kier molecular flexibility index (Phi) is 8.47. The van der Waals surface area contributed by atoms with E-state index in [4.69, 9.17) is 39.9 Å². The first-order valence-corrected chi connectivity index (χ1v) is 17.1. The van der Waals surface area contributed by atoms with Crippen LogP contribution < -0.4 is 9.97 Å². The topological polar surface area (TPSA) is 106 Å². The van der Waals surface area contributed by atoms with Gasteiger partial charge < -0.3 is 29.9 Å². The number of hydrogen-bond donors (Lipinski definition) is 0. The minimum Gasteiger partial charge on any atom is -0.357 e. The van der Waals surface area contributed by atoms with Crippen molar-refractivity contribution >= 4 is 56.4 Å². The van der Waals surface area contributed by atoms with Crippen LogP contribution in [0.2, 0.25) is 0 Å². The largest absolute Gasteiger partial charge is 2.00 e. The molecule has 0 aliphatic carbocycles. The fourth-order valence-corrected chi connectivity index (χ4v) is 7.04. The molecule has 0 fully saturated rings. The first-order chi connectivity index (χ1) is 27.0. The molecule has 2 aliphatic rings. The Bertz CT molecular complexity index is 2900. The van der Waals surface area contributed by atoms with Crippen molar-refractivity contribution in [3.63, 3.8) is 0 Å². The monoisotopic (exact) mass is 774 g/mol. The summed E-state index contributed by atoms with van der Waals surface area (Å²) in [6.45, 7) is 0. The van der Waals surface area contributed by atoms with Crippen LogP contribution in [0.15, 0.2) is 121 Å². The van der Waals surface area contributed by atoms with E-state index in [0.29, 0.717) is 44.3 Å². The van der Waals surface area contributed by atoms with Gasteiger partial charge in [-0.05, 0) is 46.2 Å². The van der Waals surface area contributed by atoms with E-state index in [2.05, 4.69) is 0 Å². The normalized spacial score (nSPS) is 12.2. The van der Waals surface area contributed by atoms with Crippen molar-refractivity contribution < 1.29 is 26.3 Å². The zero-order chi connectivity index (χ0) is 38.3. The van der Waals surface area contributed by atoms with Crippen LogP contribution in [0.5, 0.6) is 0 Å². The van der Waals surface area contributed by atoms with Crippen LogP contribution >= 0.6 is 0 Å². The third kappa shape index (κ3) is 6.19. The van der Waals surface area contributed by atoms with Gasteiger partial charge in [0.05, 0.1) is 34.4 Å². The maximum absolute atomic E-state index is 14.2. The van der Waals surface area contributed by atoms with Crippen LogP contribution in [-0.4, -0.2) is 53.0 Å². The van der Waals surface area contributed by atoms with Crippen molar-refractivity contribution in [3.05, 3.63) is 132 Å². The minimum absolute atomic E-state index is 0. The first-order valence-electron chi connectivity index (χ1n) is 17.1. The van der Waals surface area contributed by atoms with Crippen molar-refractivity contribution in [2.24, 2.45) is 0 Å². The molecular weight excluding hydrogens is 755 g/mol. The molecule has 5 aromatic carbocycles. The van der Waals surface area contributed by atoms with E-state index in [1.54, 1.807) is 48.5 Å². The fraction of sp³-hybridized carbons (Fsp3) is 0.0476. The van der Waals surface area contributed by atoms with Gasteiger partial charge in [0, 0.05) is 56.0 Å². The van der Waals surface area contributed by atoms with Gasteiger partial charge in [0.25, 0.3) is 0 Å². The van der Waals surface area contributed by atoms with E-state index in [1.807, 2.05) is 24.3 Å². The van der Waals surface area contributed by atoms with E-state index in [-0.39, 0.29) is 79.9 Å². The first kappa shape index (κ1) is 36.2. The van der Waals surface area contributed by atoms with Crippen molar-refractivity contribution in [2.75, 3.05) is 0 Å². The Morgan fingerprint density at radius 3 is 1.07 bits per heavy atom. The molecule has 0 saturated carbocycles. The standard InChI is InChI=1S/C42H20F6N8.Mg/c43-41(44,45)23-11-7-9-21(19-23)31-32(22-10-8-12-24(20-22)42(46,47)48)40-55-38-30-18-6-4-16-28(30)36(53-38)51-34-26-14-2-1-13-25(26)33(49-34)50-35-27-15-3-5-17-29(27)37(52-35)54-39(31)56-40;/h1-20H;/q-2;+2. The quantitative estimate of drug-likeness (QED) is 0.126. The van der Waals surface area contributed by atoms with Gasteiger partial charge in [0.1, 0.15) is 0 Å². The van der Waals surface area contributed by atoms with Crippen molar-refractivity contribution in [1.29, 1.82) is 0 Å². The summed E-state index contributed by atoms with van der Waals surface area (Å²) in [7, 11) is 0. The Balaban J connectivity index is 0.00000422. The third-order valence-corrected chi connectivity index (χ3v) is 9.58. The summed E-state index contributed by atoms with van der Waals surface area (Å²) in [5.41, 5.74) is 0.774. The van der Waals surface area contributed by atoms with Crippen LogP contribution in [0.3, 0.4) is 0 Å². The van der Waals surface area contributed by atoms with Crippen molar-refractivity contribution in [3.8, 4) is 67.8 Å². The molecular formula is C42H20F6MgN8. The number of aromatic nitrogens is 8. The van der Waals surface area contributed by atoms with Gasteiger partial charge in [-0.15, -0.1) is 0 Å². The van der Waals surface area contributed by atoms with E-state index in [1.165, 1.54) is 24.3 Å².